The van der Waals surface area contributed by atoms with Crippen molar-refractivity contribution in [2.45, 2.75) is 58.0 Å². The number of amides is 1. The van der Waals surface area contributed by atoms with E-state index in [2.05, 4.69) is 20.3 Å². The first-order valence-electron chi connectivity index (χ1n) is 12.3. The van der Waals surface area contributed by atoms with Crippen LogP contribution in [-0.2, 0) is 24.1 Å². The summed E-state index contributed by atoms with van der Waals surface area (Å²) in [5.41, 5.74) is 0.657. The molecule has 1 N–H and O–H groups in total. The molecule has 2 saturated heterocycles. The van der Waals surface area contributed by atoms with Crippen molar-refractivity contribution < 1.29 is 22.5 Å². The summed E-state index contributed by atoms with van der Waals surface area (Å²) in [6.07, 6.45) is -2.68. The molecule has 0 aromatic carbocycles. The van der Waals surface area contributed by atoms with Crippen LogP contribution >= 0.6 is 0 Å². The second-order valence-corrected chi connectivity index (χ2v) is 10.0. The van der Waals surface area contributed by atoms with Gasteiger partial charge in [-0.3, -0.25) is 19.4 Å². The number of anilines is 1. The largest absolute Gasteiger partial charge is 0.416 e. The van der Waals surface area contributed by atoms with Crippen molar-refractivity contribution in [1.82, 2.24) is 24.8 Å². The number of hydrogen-bond donors (Lipinski definition) is 1. The van der Waals surface area contributed by atoms with Crippen LogP contribution in [0.3, 0.4) is 0 Å². The minimum absolute atomic E-state index is 0.0437. The van der Waals surface area contributed by atoms with Gasteiger partial charge in [-0.15, -0.1) is 0 Å². The molecule has 196 valence electrons. The summed E-state index contributed by atoms with van der Waals surface area (Å²) in [6.45, 7) is 8.32. The van der Waals surface area contributed by atoms with E-state index in [9.17, 15) is 22.8 Å². The number of aryl methyl sites for hydroxylation is 2. The number of nitrogens with one attached hydrogen (secondary N) is 1. The molecule has 1 amide bonds. The summed E-state index contributed by atoms with van der Waals surface area (Å²) in [4.78, 5) is 31.4. The van der Waals surface area contributed by atoms with Gasteiger partial charge in [-0.05, 0) is 32.8 Å². The molecule has 2 aromatic rings. The molecule has 36 heavy (non-hydrogen) atoms. The van der Waals surface area contributed by atoms with Crippen LogP contribution in [0.15, 0.2) is 21.5 Å². The van der Waals surface area contributed by atoms with E-state index in [-0.39, 0.29) is 37.3 Å². The fourth-order valence-electron chi connectivity index (χ4n) is 5.77. The third kappa shape index (κ3) is 5.01. The second kappa shape index (κ2) is 9.55. The number of hydrogen-bond acceptors (Lipinski definition) is 7. The highest BCUT2D eigenvalue weighted by molar-refractivity contribution is 5.78. The molecule has 0 spiro atoms. The standard InChI is InChI=1S/C24H31F3N6O3/c1-15-23(16(2)36-29-15)32-6-4-19(13-32)31-5-3-18(11-31)28-21(34)14-30-7-8-33-20(12-30)9-17(10-22(33)35)24(25,26)27/h9-10,18-19H,3-8,11-14H2,1-2H3,(H,28,34). The zero-order chi connectivity index (χ0) is 25.6. The minimum atomic E-state index is -4.58. The summed E-state index contributed by atoms with van der Waals surface area (Å²) < 4.78 is 46.0. The van der Waals surface area contributed by atoms with Crippen molar-refractivity contribution in [3.8, 4) is 0 Å². The molecule has 5 heterocycles. The number of rotatable bonds is 5. The van der Waals surface area contributed by atoms with Crippen LogP contribution in [0, 0.1) is 13.8 Å². The third-order valence-corrected chi connectivity index (χ3v) is 7.51. The Labute approximate surface area is 206 Å². The van der Waals surface area contributed by atoms with Gasteiger partial charge >= 0.3 is 6.18 Å². The van der Waals surface area contributed by atoms with Gasteiger partial charge in [0.2, 0.25) is 5.91 Å². The maximum atomic E-state index is 13.1. The lowest BCUT2D eigenvalue weighted by Gasteiger charge is -2.30. The maximum Gasteiger partial charge on any atom is 0.416 e. The van der Waals surface area contributed by atoms with Crippen LogP contribution in [0.25, 0.3) is 0 Å². The summed E-state index contributed by atoms with van der Waals surface area (Å²) in [5, 5.41) is 7.16. The molecule has 9 nitrogen and oxygen atoms in total. The third-order valence-electron chi connectivity index (χ3n) is 7.51. The fourth-order valence-corrected chi connectivity index (χ4v) is 5.77. The average molecular weight is 509 g/mol. The number of nitrogens with zero attached hydrogens (tertiary/aromatic N) is 5. The van der Waals surface area contributed by atoms with E-state index in [4.69, 9.17) is 4.52 Å². The average Bonchev–Trinajstić information content (AvgIpc) is 3.53. The molecular weight excluding hydrogens is 477 g/mol. The molecule has 2 unspecified atom stereocenters. The highest BCUT2D eigenvalue weighted by atomic mass is 19.4. The van der Waals surface area contributed by atoms with E-state index in [0.29, 0.717) is 18.7 Å². The molecule has 0 aliphatic carbocycles. The zero-order valence-electron chi connectivity index (χ0n) is 20.5. The molecule has 2 fully saturated rings. The SMILES string of the molecule is Cc1noc(C)c1N1CCC(N2CCC(NC(=O)CN3CCn4c(cc(C(F)(F)F)cc4=O)C3)C2)C1. The van der Waals surface area contributed by atoms with Crippen LogP contribution in [0.5, 0.6) is 0 Å². The second-order valence-electron chi connectivity index (χ2n) is 10.0. The van der Waals surface area contributed by atoms with Crippen molar-refractivity contribution in [3.05, 3.63) is 45.2 Å². The first-order chi connectivity index (χ1) is 17.1. The van der Waals surface area contributed by atoms with Gasteiger partial charge in [0, 0.05) is 69.7 Å². The zero-order valence-corrected chi connectivity index (χ0v) is 20.5. The monoisotopic (exact) mass is 508 g/mol. The Morgan fingerprint density at radius 1 is 1.14 bits per heavy atom. The van der Waals surface area contributed by atoms with Crippen molar-refractivity contribution in [3.63, 3.8) is 0 Å². The number of aromatic nitrogens is 2. The Hall–Kier alpha value is -2.86. The van der Waals surface area contributed by atoms with E-state index in [1.807, 2.05) is 13.8 Å². The maximum absolute atomic E-state index is 13.1. The number of likely N-dealkylation sites (tertiary alicyclic amines) is 1. The van der Waals surface area contributed by atoms with Gasteiger partial charge in [-0.1, -0.05) is 5.16 Å². The number of fused-ring (bicyclic) bond motifs is 1. The van der Waals surface area contributed by atoms with Crippen LogP contribution in [0.4, 0.5) is 18.9 Å². The van der Waals surface area contributed by atoms with E-state index in [1.165, 1.54) is 4.57 Å². The van der Waals surface area contributed by atoms with Crippen molar-refractivity contribution in [1.29, 1.82) is 0 Å². The lowest BCUT2D eigenvalue weighted by molar-refractivity contribution is -0.138. The molecular formula is C24H31F3N6O3. The summed E-state index contributed by atoms with van der Waals surface area (Å²) in [6, 6.07) is 2.09. The normalized spacial score (nSPS) is 23.3. The number of carbonyl (C=O) groups excluding carboxylic acids is 1. The Morgan fingerprint density at radius 2 is 1.94 bits per heavy atom. The Morgan fingerprint density at radius 3 is 2.67 bits per heavy atom. The highest BCUT2D eigenvalue weighted by Crippen LogP contribution is 2.31. The minimum Gasteiger partial charge on any atom is -0.366 e. The predicted octanol–water partition coefficient (Wildman–Crippen LogP) is 1.76. The van der Waals surface area contributed by atoms with Crippen molar-refractivity contribution >= 4 is 11.6 Å². The Kier molecular flexibility index (Phi) is 6.58. The summed E-state index contributed by atoms with van der Waals surface area (Å²) in [7, 11) is 0. The fraction of sp³-hybridized carbons (Fsp3) is 0.625. The van der Waals surface area contributed by atoms with Gasteiger partial charge in [0.1, 0.15) is 11.4 Å². The van der Waals surface area contributed by atoms with Gasteiger partial charge < -0.3 is 19.3 Å². The first-order valence-corrected chi connectivity index (χ1v) is 12.3. The first kappa shape index (κ1) is 24.8. The Bertz CT molecular complexity index is 1170. The molecule has 2 aromatic heterocycles. The van der Waals surface area contributed by atoms with Gasteiger partial charge in [0.05, 0.1) is 12.1 Å². The summed E-state index contributed by atoms with van der Waals surface area (Å²) >= 11 is 0. The predicted molar refractivity (Wildman–Crippen MR) is 126 cm³/mol. The highest BCUT2D eigenvalue weighted by Gasteiger charge is 2.36. The molecule has 12 heteroatoms. The van der Waals surface area contributed by atoms with E-state index in [0.717, 1.165) is 62.2 Å². The van der Waals surface area contributed by atoms with Crippen LogP contribution in [0.2, 0.25) is 0 Å². The quantitative estimate of drug-likeness (QED) is 0.659. The number of pyridine rings is 1. The van der Waals surface area contributed by atoms with Crippen LogP contribution < -0.4 is 15.8 Å². The van der Waals surface area contributed by atoms with E-state index in [1.54, 1.807) is 4.90 Å². The van der Waals surface area contributed by atoms with Gasteiger partial charge in [-0.25, -0.2) is 0 Å². The smallest absolute Gasteiger partial charge is 0.366 e. The topological polar surface area (TPSA) is 86.8 Å². The van der Waals surface area contributed by atoms with Gasteiger partial charge in [0.15, 0.2) is 5.76 Å². The molecule has 0 saturated carbocycles. The summed E-state index contributed by atoms with van der Waals surface area (Å²) in [5.74, 6) is 0.688. The number of halogens is 3. The molecule has 2 atom stereocenters. The van der Waals surface area contributed by atoms with Crippen molar-refractivity contribution in [2.75, 3.05) is 44.2 Å². The van der Waals surface area contributed by atoms with Gasteiger partial charge in [0.25, 0.3) is 5.56 Å². The van der Waals surface area contributed by atoms with Crippen LogP contribution in [0.1, 0.15) is 35.6 Å². The molecule has 3 aliphatic rings. The lowest BCUT2D eigenvalue weighted by Crippen LogP contribution is -2.47. The van der Waals surface area contributed by atoms with Gasteiger partial charge in [-0.2, -0.15) is 13.2 Å². The molecule has 0 radical (unpaired) electrons. The van der Waals surface area contributed by atoms with Crippen LogP contribution in [-0.4, -0.2) is 76.8 Å². The molecule has 3 aliphatic heterocycles. The molecule has 0 bridgehead atoms. The molecule has 5 rings (SSSR count). The number of carbonyl (C=O) groups is 1. The lowest BCUT2D eigenvalue weighted by atomic mass is 10.1. The Balaban J connectivity index is 1.12. The number of alkyl halides is 3. The van der Waals surface area contributed by atoms with E-state index < -0.39 is 17.3 Å². The van der Waals surface area contributed by atoms with Crippen molar-refractivity contribution in [2.24, 2.45) is 0 Å². The van der Waals surface area contributed by atoms with E-state index >= 15 is 0 Å².